The molecule has 0 unspecified atom stereocenters. The summed E-state index contributed by atoms with van der Waals surface area (Å²) in [7, 11) is -3.68. The van der Waals surface area contributed by atoms with Gasteiger partial charge in [-0.1, -0.05) is 0 Å². The van der Waals surface area contributed by atoms with E-state index < -0.39 is 40.2 Å². The molecule has 0 radical (unpaired) electrons. The van der Waals surface area contributed by atoms with Gasteiger partial charge in [-0.3, -0.25) is 4.18 Å². The van der Waals surface area contributed by atoms with Gasteiger partial charge in [0, 0.05) is 6.42 Å². The van der Waals surface area contributed by atoms with Crippen molar-refractivity contribution in [2.24, 2.45) is 0 Å². The summed E-state index contributed by atoms with van der Waals surface area (Å²) in [5, 5.41) is 0. The summed E-state index contributed by atoms with van der Waals surface area (Å²) in [6.07, 6.45) is -0.970. The third kappa shape index (κ3) is 3.19. The first-order valence-corrected chi connectivity index (χ1v) is 7.38. The fraction of sp³-hybridized carbons (Fsp3) is 0.900. The highest BCUT2D eigenvalue weighted by Crippen LogP contribution is 2.31. The van der Waals surface area contributed by atoms with E-state index in [1.165, 1.54) is 0 Å². The highest BCUT2D eigenvalue weighted by Gasteiger charge is 2.46. The second kappa shape index (κ2) is 4.44. The van der Waals surface area contributed by atoms with Crippen LogP contribution in [0.1, 0.15) is 20.3 Å². The standard InChI is InChI=1S/C10H16O7S/c1-10(2)14-5-8(16-10)6-4-7(9(11)15-6)17-18(3,12)13/h6-8H,4-5H2,1-3H3/t6-,7-,8-/m0/s1. The third-order valence-electron chi connectivity index (χ3n) is 2.71. The van der Waals surface area contributed by atoms with E-state index in [9.17, 15) is 13.2 Å². The van der Waals surface area contributed by atoms with Crippen LogP contribution in [0.2, 0.25) is 0 Å². The van der Waals surface area contributed by atoms with Gasteiger partial charge in [0.1, 0.15) is 12.2 Å². The van der Waals surface area contributed by atoms with Crippen molar-refractivity contribution in [1.82, 2.24) is 0 Å². The van der Waals surface area contributed by atoms with E-state index in [1.807, 2.05) is 0 Å². The van der Waals surface area contributed by atoms with Crippen LogP contribution in [-0.2, 0) is 33.3 Å². The van der Waals surface area contributed by atoms with Gasteiger partial charge in [-0.05, 0) is 13.8 Å². The van der Waals surface area contributed by atoms with Crippen LogP contribution in [0.4, 0.5) is 0 Å². The van der Waals surface area contributed by atoms with E-state index >= 15 is 0 Å². The molecular formula is C10H16O7S. The smallest absolute Gasteiger partial charge is 0.337 e. The van der Waals surface area contributed by atoms with Gasteiger partial charge in [0.2, 0.25) is 0 Å². The maximum Gasteiger partial charge on any atom is 0.337 e. The minimum atomic E-state index is -3.68. The molecule has 0 aromatic rings. The van der Waals surface area contributed by atoms with Crippen molar-refractivity contribution in [3.8, 4) is 0 Å². The van der Waals surface area contributed by atoms with Crippen LogP contribution in [0.25, 0.3) is 0 Å². The molecule has 8 heteroatoms. The topological polar surface area (TPSA) is 88.1 Å². The van der Waals surface area contributed by atoms with E-state index in [2.05, 4.69) is 4.18 Å². The van der Waals surface area contributed by atoms with Crippen LogP contribution in [0.15, 0.2) is 0 Å². The molecule has 2 aliphatic heterocycles. The lowest BCUT2D eigenvalue weighted by Gasteiger charge is -2.19. The van der Waals surface area contributed by atoms with Gasteiger partial charge < -0.3 is 14.2 Å². The van der Waals surface area contributed by atoms with Crippen molar-refractivity contribution < 1.29 is 31.6 Å². The molecule has 2 rings (SSSR count). The molecule has 3 atom stereocenters. The monoisotopic (exact) mass is 280 g/mol. The molecule has 0 bridgehead atoms. The Bertz CT molecular complexity index is 441. The number of esters is 1. The van der Waals surface area contributed by atoms with Gasteiger partial charge in [-0.25, -0.2) is 4.79 Å². The van der Waals surface area contributed by atoms with Crippen LogP contribution >= 0.6 is 0 Å². The zero-order valence-electron chi connectivity index (χ0n) is 10.4. The molecule has 7 nitrogen and oxygen atoms in total. The molecule has 0 amide bonds. The van der Waals surface area contributed by atoms with Crippen LogP contribution in [0.3, 0.4) is 0 Å². The number of rotatable bonds is 3. The Morgan fingerprint density at radius 2 is 2.00 bits per heavy atom. The van der Waals surface area contributed by atoms with Crippen LogP contribution in [0, 0.1) is 0 Å². The van der Waals surface area contributed by atoms with Gasteiger partial charge in [0.15, 0.2) is 11.9 Å². The Morgan fingerprint density at radius 1 is 1.33 bits per heavy atom. The van der Waals surface area contributed by atoms with E-state index in [0.717, 1.165) is 6.26 Å². The Kier molecular flexibility index (Phi) is 3.39. The molecule has 0 saturated carbocycles. The number of carbonyl (C=O) groups excluding carboxylic acids is 1. The fourth-order valence-corrected chi connectivity index (χ4v) is 2.58. The summed E-state index contributed by atoms with van der Waals surface area (Å²) in [4.78, 5) is 11.5. The first-order chi connectivity index (χ1) is 8.16. The van der Waals surface area contributed by atoms with Crippen molar-refractivity contribution in [1.29, 1.82) is 0 Å². The highest BCUT2D eigenvalue weighted by atomic mass is 32.2. The second-order valence-electron chi connectivity index (χ2n) is 4.87. The molecule has 0 spiro atoms. The fourth-order valence-electron chi connectivity index (χ4n) is 2.00. The quantitative estimate of drug-likeness (QED) is 0.522. The molecule has 2 aliphatic rings. The van der Waals surface area contributed by atoms with E-state index in [0.29, 0.717) is 6.61 Å². The predicted molar refractivity (Wildman–Crippen MR) is 59.1 cm³/mol. The summed E-state index contributed by atoms with van der Waals surface area (Å²) in [6.45, 7) is 3.82. The number of carbonyl (C=O) groups is 1. The molecule has 18 heavy (non-hydrogen) atoms. The number of cyclic esters (lactones) is 1. The first kappa shape index (κ1) is 13.7. The predicted octanol–water partition coefficient (Wildman–Crippen LogP) is -0.202. The molecule has 104 valence electrons. The summed E-state index contributed by atoms with van der Waals surface area (Å²) in [5.74, 6) is -1.40. The minimum Gasteiger partial charge on any atom is -0.457 e. The van der Waals surface area contributed by atoms with E-state index in [4.69, 9.17) is 14.2 Å². The first-order valence-electron chi connectivity index (χ1n) is 5.57. The van der Waals surface area contributed by atoms with E-state index in [-0.39, 0.29) is 6.42 Å². The normalized spacial score (nSPS) is 35.7. The van der Waals surface area contributed by atoms with Gasteiger partial charge in [0.05, 0.1) is 12.9 Å². The van der Waals surface area contributed by atoms with Crippen molar-refractivity contribution in [3.05, 3.63) is 0 Å². The maximum absolute atomic E-state index is 11.5. The molecule has 0 N–H and O–H groups in total. The summed E-state index contributed by atoms with van der Waals surface area (Å²) >= 11 is 0. The van der Waals surface area contributed by atoms with Crippen LogP contribution < -0.4 is 0 Å². The van der Waals surface area contributed by atoms with Gasteiger partial charge in [-0.2, -0.15) is 8.42 Å². The second-order valence-corrected chi connectivity index (χ2v) is 6.47. The zero-order chi connectivity index (χ0) is 13.6. The highest BCUT2D eigenvalue weighted by molar-refractivity contribution is 7.86. The van der Waals surface area contributed by atoms with Crippen LogP contribution in [-0.4, -0.2) is 51.3 Å². The average molecular weight is 280 g/mol. The summed E-state index contributed by atoms with van der Waals surface area (Å²) in [6, 6.07) is 0. The lowest BCUT2D eigenvalue weighted by molar-refractivity contribution is -0.163. The number of ether oxygens (including phenoxy) is 3. The Balaban J connectivity index is 1.97. The van der Waals surface area contributed by atoms with Crippen molar-refractivity contribution >= 4 is 16.1 Å². The Morgan fingerprint density at radius 3 is 2.50 bits per heavy atom. The SMILES string of the molecule is CC1(C)OC[C@@H]([C@@H]2C[C@H](OS(C)(=O)=O)C(=O)O2)O1. The summed E-state index contributed by atoms with van der Waals surface area (Å²) in [5.41, 5.74) is 0. The largest absolute Gasteiger partial charge is 0.457 e. The molecule has 0 aromatic carbocycles. The molecule has 2 fully saturated rings. The lowest BCUT2D eigenvalue weighted by Crippen LogP contribution is -2.30. The molecule has 2 heterocycles. The van der Waals surface area contributed by atoms with Crippen molar-refractivity contribution in [2.75, 3.05) is 12.9 Å². The lowest BCUT2D eigenvalue weighted by atomic mass is 10.1. The average Bonchev–Trinajstić information content (AvgIpc) is 2.69. The Hall–Kier alpha value is -0.700. The summed E-state index contributed by atoms with van der Waals surface area (Å²) < 4.78 is 42.6. The van der Waals surface area contributed by atoms with E-state index in [1.54, 1.807) is 13.8 Å². The molecular weight excluding hydrogens is 264 g/mol. The van der Waals surface area contributed by atoms with Gasteiger partial charge >= 0.3 is 5.97 Å². The minimum absolute atomic E-state index is 0.149. The van der Waals surface area contributed by atoms with Gasteiger partial charge in [0.25, 0.3) is 10.1 Å². The number of hydrogen-bond donors (Lipinski definition) is 0. The molecule has 2 saturated heterocycles. The van der Waals surface area contributed by atoms with Gasteiger partial charge in [-0.15, -0.1) is 0 Å². The Labute approximate surface area is 105 Å². The molecule has 0 aromatic heterocycles. The van der Waals surface area contributed by atoms with Crippen LogP contribution in [0.5, 0.6) is 0 Å². The van der Waals surface area contributed by atoms with Crippen molar-refractivity contribution in [3.63, 3.8) is 0 Å². The third-order valence-corrected chi connectivity index (χ3v) is 3.29. The molecule has 0 aliphatic carbocycles. The zero-order valence-corrected chi connectivity index (χ0v) is 11.2. The van der Waals surface area contributed by atoms with Crippen molar-refractivity contribution in [2.45, 2.75) is 44.4 Å². The number of hydrogen-bond acceptors (Lipinski definition) is 7. The maximum atomic E-state index is 11.5.